The van der Waals surface area contributed by atoms with E-state index in [1.807, 2.05) is 54.2 Å². The lowest BCUT2D eigenvalue weighted by atomic mass is 9.98. The van der Waals surface area contributed by atoms with Crippen LogP contribution in [-0.2, 0) is 0 Å². The molecule has 5 rings (SSSR count). The van der Waals surface area contributed by atoms with E-state index in [9.17, 15) is 5.26 Å². The minimum atomic E-state index is -0.443. The molecule has 0 aliphatic carbocycles. The largest absolute Gasteiger partial charge is 0.373 e. The molecular formula is C34H37Cl2N9. The topological polar surface area (TPSA) is 108 Å². The molecule has 0 unspecified atom stereocenters. The van der Waals surface area contributed by atoms with Gasteiger partial charge in [-0.1, -0.05) is 47.1 Å². The number of nitriles is 1. The molecule has 45 heavy (non-hydrogen) atoms. The van der Waals surface area contributed by atoms with Gasteiger partial charge in [0.25, 0.3) is 0 Å². The summed E-state index contributed by atoms with van der Waals surface area (Å²) in [5.41, 5.74) is 4.56. The Kier molecular flexibility index (Phi) is 9.88. The van der Waals surface area contributed by atoms with Gasteiger partial charge in [-0.2, -0.15) is 5.26 Å². The monoisotopic (exact) mass is 641 g/mol. The third-order valence-corrected chi connectivity index (χ3v) is 8.63. The summed E-state index contributed by atoms with van der Waals surface area (Å²) in [5, 5.41) is 27.7. The highest BCUT2D eigenvalue weighted by atomic mass is 35.5. The van der Waals surface area contributed by atoms with E-state index >= 15 is 0 Å². The Balaban J connectivity index is 1.50. The zero-order valence-corrected chi connectivity index (χ0v) is 27.4. The molecule has 1 aliphatic heterocycles. The van der Waals surface area contributed by atoms with Crippen molar-refractivity contribution in [3.05, 3.63) is 101 Å². The van der Waals surface area contributed by atoms with Gasteiger partial charge in [-0.05, 0) is 76.5 Å². The summed E-state index contributed by atoms with van der Waals surface area (Å²) < 4.78 is 1.98. The molecule has 1 aromatic carbocycles. The van der Waals surface area contributed by atoms with Crippen LogP contribution in [0.25, 0.3) is 10.9 Å². The van der Waals surface area contributed by atoms with Crippen molar-refractivity contribution in [3.63, 3.8) is 0 Å². The van der Waals surface area contributed by atoms with Crippen LogP contribution in [0.1, 0.15) is 63.9 Å². The van der Waals surface area contributed by atoms with Crippen LogP contribution in [0, 0.1) is 11.3 Å². The van der Waals surface area contributed by atoms with Crippen LogP contribution in [0.2, 0.25) is 5.02 Å². The fraction of sp³-hybridized carbons (Fsp3) is 0.324. The van der Waals surface area contributed by atoms with Crippen LogP contribution in [-0.4, -0.2) is 48.5 Å². The number of anilines is 3. The number of likely N-dealkylation sites (tertiary alicyclic amines) is 1. The molecule has 1 atom stereocenters. The molecule has 0 radical (unpaired) electrons. The van der Waals surface area contributed by atoms with Crippen molar-refractivity contribution in [1.82, 2.24) is 29.9 Å². The number of allylic oxidation sites excluding steroid dienone is 3. The molecule has 0 bridgehead atoms. The summed E-state index contributed by atoms with van der Waals surface area (Å²) in [6.45, 7) is 15.0. The average Bonchev–Trinajstić information content (AvgIpc) is 3.53. The first kappa shape index (κ1) is 32.2. The minimum Gasteiger partial charge on any atom is -0.373 e. The molecule has 4 heterocycles. The number of halogens is 2. The molecule has 1 aliphatic rings. The number of rotatable bonds is 9. The number of nitrogens with one attached hydrogen (secondary N) is 2. The van der Waals surface area contributed by atoms with E-state index in [1.165, 1.54) is 6.20 Å². The SMILES string of the molecule is C=C(/C=C\C(Cl)=C/C)[C@H](Nc1cc(Cl)c2ncc(C#N)c(Nc3cccnc3)c2c1)c1cn(C2CCN(C(C)(C)C)CC2)nn1. The molecule has 9 nitrogen and oxygen atoms in total. The summed E-state index contributed by atoms with van der Waals surface area (Å²) in [5.74, 6) is 0. The van der Waals surface area contributed by atoms with E-state index in [4.69, 9.17) is 23.2 Å². The first-order chi connectivity index (χ1) is 21.6. The Bertz CT molecular complexity index is 1770. The van der Waals surface area contributed by atoms with Crippen LogP contribution in [0.15, 0.2) is 84.5 Å². The molecule has 1 fully saturated rings. The Morgan fingerprint density at radius 2 is 1.96 bits per heavy atom. The van der Waals surface area contributed by atoms with Gasteiger partial charge in [-0.3, -0.25) is 14.9 Å². The van der Waals surface area contributed by atoms with Crippen LogP contribution in [0.4, 0.5) is 17.1 Å². The first-order valence-electron chi connectivity index (χ1n) is 14.9. The summed E-state index contributed by atoms with van der Waals surface area (Å²) in [7, 11) is 0. The number of hydrogen-bond acceptors (Lipinski definition) is 8. The summed E-state index contributed by atoms with van der Waals surface area (Å²) in [6.07, 6.45) is 14.4. The average molecular weight is 643 g/mol. The smallest absolute Gasteiger partial charge is 0.109 e. The lowest BCUT2D eigenvalue weighted by Gasteiger charge is -2.40. The standard InChI is InChI=1S/C34H37Cl2N9/c1-6-24(35)10-9-22(2)31(30-21-45(43-42-30)27-11-14-44(15-12-27)34(3,4)5)41-26-16-28-32(40-25-8-7-13-38-20-25)23(18-37)19-39-33(28)29(36)17-26/h6-10,13,16-17,19-21,27,31,41H,2,11-12,14-15H2,1,3-5H3,(H,39,40)/b10-9-,24-6+/t31-/m0/s1. The highest BCUT2D eigenvalue weighted by Gasteiger charge is 2.29. The number of piperidine rings is 1. The Morgan fingerprint density at radius 1 is 1.18 bits per heavy atom. The van der Waals surface area contributed by atoms with Crippen LogP contribution in [0.5, 0.6) is 0 Å². The van der Waals surface area contributed by atoms with Gasteiger partial charge in [0.05, 0.1) is 52.0 Å². The van der Waals surface area contributed by atoms with E-state index in [2.05, 4.69) is 69.2 Å². The number of aromatic nitrogens is 5. The van der Waals surface area contributed by atoms with Gasteiger partial charge >= 0.3 is 0 Å². The number of nitrogens with zero attached hydrogens (tertiary/aromatic N) is 7. The number of hydrogen-bond donors (Lipinski definition) is 2. The van der Waals surface area contributed by atoms with Crippen molar-refractivity contribution in [3.8, 4) is 6.07 Å². The fourth-order valence-corrected chi connectivity index (χ4v) is 5.78. The maximum atomic E-state index is 9.90. The maximum absolute atomic E-state index is 9.90. The van der Waals surface area contributed by atoms with E-state index in [0.29, 0.717) is 43.6 Å². The van der Waals surface area contributed by atoms with Gasteiger partial charge in [0, 0.05) is 47.1 Å². The van der Waals surface area contributed by atoms with Gasteiger partial charge < -0.3 is 10.6 Å². The normalized spacial score (nSPS) is 15.7. The zero-order valence-electron chi connectivity index (χ0n) is 25.9. The van der Waals surface area contributed by atoms with E-state index < -0.39 is 6.04 Å². The van der Waals surface area contributed by atoms with E-state index in [-0.39, 0.29) is 11.6 Å². The second-order valence-electron chi connectivity index (χ2n) is 12.1. The number of pyridine rings is 2. The molecule has 1 saturated heterocycles. The van der Waals surface area contributed by atoms with Gasteiger partial charge in [-0.25, -0.2) is 4.68 Å². The lowest BCUT2D eigenvalue weighted by Crippen LogP contribution is -2.46. The first-order valence-corrected chi connectivity index (χ1v) is 15.6. The second kappa shape index (κ2) is 13.8. The molecule has 11 heteroatoms. The molecule has 4 aromatic rings. The van der Waals surface area contributed by atoms with Crippen LogP contribution < -0.4 is 10.6 Å². The number of benzene rings is 1. The van der Waals surface area contributed by atoms with Crippen LogP contribution in [0.3, 0.4) is 0 Å². The maximum Gasteiger partial charge on any atom is 0.109 e. The zero-order chi connectivity index (χ0) is 32.1. The summed E-state index contributed by atoms with van der Waals surface area (Å²) in [6, 6.07) is 9.49. The second-order valence-corrected chi connectivity index (χ2v) is 12.9. The highest BCUT2D eigenvalue weighted by Crippen LogP contribution is 2.37. The highest BCUT2D eigenvalue weighted by molar-refractivity contribution is 6.36. The van der Waals surface area contributed by atoms with Gasteiger partial charge in [-0.15, -0.1) is 5.10 Å². The van der Waals surface area contributed by atoms with E-state index in [1.54, 1.807) is 18.5 Å². The van der Waals surface area contributed by atoms with Crippen molar-refractivity contribution in [2.75, 3.05) is 23.7 Å². The molecule has 2 N–H and O–H groups in total. The van der Waals surface area contributed by atoms with Crippen molar-refractivity contribution >= 4 is 51.2 Å². The molecule has 0 amide bonds. The molecular weight excluding hydrogens is 605 g/mol. The lowest BCUT2D eigenvalue weighted by molar-refractivity contribution is 0.0866. The van der Waals surface area contributed by atoms with Crippen molar-refractivity contribution < 1.29 is 0 Å². The molecule has 3 aromatic heterocycles. The number of fused-ring (bicyclic) bond motifs is 1. The third-order valence-electron chi connectivity index (χ3n) is 8.00. The quantitative estimate of drug-likeness (QED) is 0.176. The molecule has 232 valence electrons. The Labute approximate surface area is 274 Å². The predicted octanol–water partition coefficient (Wildman–Crippen LogP) is 8.33. The summed E-state index contributed by atoms with van der Waals surface area (Å²) in [4.78, 5) is 11.2. The van der Waals surface area contributed by atoms with Crippen molar-refractivity contribution in [2.24, 2.45) is 0 Å². The van der Waals surface area contributed by atoms with Gasteiger partial charge in [0.1, 0.15) is 11.8 Å². The molecule has 0 spiro atoms. The van der Waals surface area contributed by atoms with Crippen molar-refractivity contribution in [2.45, 2.75) is 58.2 Å². The fourth-order valence-electron chi connectivity index (χ4n) is 5.45. The molecule has 0 saturated carbocycles. The Morgan fingerprint density at radius 3 is 2.62 bits per heavy atom. The van der Waals surface area contributed by atoms with Crippen LogP contribution >= 0.6 is 23.2 Å². The predicted molar refractivity (Wildman–Crippen MR) is 183 cm³/mol. The Hall–Kier alpha value is -4.23. The van der Waals surface area contributed by atoms with Gasteiger partial charge in [0.2, 0.25) is 0 Å². The third kappa shape index (κ3) is 7.54. The van der Waals surface area contributed by atoms with E-state index in [0.717, 1.165) is 37.2 Å². The van der Waals surface area contributed by atoms with Gasteiger partial charge in [0.15, 0.2) is 0 Å². The summed E-state index contributed by atoms with van der Waals surface area (Å²) >= 11 is 13.1. The van der Waals surface area contributed by atoms with Crippen molar-refractivity contribution in [1.29, 1.82) is 5.26 Å². The minimum absolute atomic E-state index is 0.143.